The second-order valence-electron chi connectivity index (χ2n) is 4.20. The molecule has 1 amide bonds. The van der Waals surface area contributed by atoms with Crippen LogP contribution in [0.15, 0.2) is 30.3 Å². The van der Waals surface area contributed by atoms with Crippen molar-refractivity contribution in [1.82, 2.24) is 4.98 Å². The van der Waals surface area contributed by atoms with Gasteiger partial charge in [-0.3, -0.25) is 4.79 Å². The van der Waals surface area contributed by atoms with Crippen LogP contribution in [0.1, 0.15) is 23.0 Å². The molecule has 0 aliphatic rings. The molecule has 0 fully saturated rings. The van der Waals surface area contributed by atoms with Crippen molar-refractivity contribution in [2.24, 2.45) is 0 Å². The maximum Gasteiger partial charge on any atom is 0.255 e. The summed E-state index contributed by atoms with van der Waals surface area (Å²) in [6, 6.07) is 8.08. The fraction of sp³-hybridized carbons (Fsp3) is 0.143. The quantitative estimate of drug-likeness (QED) is 0.906. The van der Waals surface area contributed by atoms with Crippen LogP contribution in [0.4, 0.5) is 11.5 Å². The van der Waals surface area contributed by atoms with E-state index in [9.17, 15) is 4.79 Å². The average Bonchev–Trinajstić information content (AvgIpc) is 2.42. The van der Waals surface area contributed by atoms with Crippen LogP contribution in [0.25, 0.3) is 0 Å². The number of amides is 1. The fourth-order valence-electron chi connectivity index (χ4n) is 1.71. The molecule has 0 spiro atoms. The predicted octanol–water partition coefficient (Wildman–Crippen LogP) is 3.79. The summed E-state index contributed by atoms with van der Waals surface area (Å²) < 4.78 is 0. The summed E-state index contributed by atoms with van der Waals surface area (Å²) in [6.07, 6.45) is 0.698. The third-order valence-electron chi connectivity index (χ3n) is 2.70. The molecule has 4 nitrogen and oxygen atoms in total. The predicted molar refractivity (Wildman–Crippen MR) is 82.4 cm³/mol. The fourth-order valence-corrected chi connectivity index (χ4v) is 2.05. The Morgan fingerprint density at radius 3 is 2.75 bits per heavy atom. The third-order valence-corrected chi connectivity index (χ3v) is 3.26. The highest BCUT2D eigenvalue weighted by atomic mass is 35.5. The molecule has 20 heavy (non-hydrogen) atoms. The molecular weight excluding hydrogens is 297 g/mol. The molecule has 1 aromatic heterocycles. The van der Waals surface area contributed by atoms with Crippen molar-refractivity contribution in [2.45, 2.75) is 13.3 Å². The first-order valence-electron chi connectivity index (χ1n) is 6.02. The Hall–Kier alpha value is -1.78. The van der Waals surface area contributed by atoms with Crippen molar-refractivity contribution >= 4 is 40.6 Å². The van der Waals surface area contributed by atoms with Gasteiger partial charge in [-0.25, -0.2) is 4.98 Å². The maximum absolute atomic E-state index is 12.2. The number of hydrogen-bond donors (Lipinski definition) is 2. The van der Waals surface area contributed by atoms with E-state index in [-0.39, 0.29) is 5.91 Å². The van der Waals surface area contributed by atoms with E-state index in [1.807, 2.05) is 6.92 Å². The number of nitrogen functional groups attached to an aromatic ring is 1. The number of halogens is 2. The number of benzene rings is 1. The highest BCUT2D eigenvalue weighted by molar-refractivity contribution is 6.35. The Bertz CT molecular complexity index is 659. The number of anilines is 2. The Kier molecular flexibility index (Phi) is 4.47. The number of nitrogens with two attached hydrogens (primary N) is 1. The minimum atomic E-state index is -0.307. The first-order chi connectivity index (χ1) is 9.49. The van der Waals surface area contributed by atoms with Gasteiger partial charge in [-0.05, 0) is 36.8 Å². The minimum Gasteiger partial charge on any atom is -0.384 e. The molecule has 3 N–H and O–H groups in total. The first kappa shape index (κ1) is 14.6. The van der Waals surface area contributed by atoms with Gasteiger partial charge in [0.15, 0.2) is 0 Å². The summed E-state index contributed by atoms with van der Waals surface area (Å²) in [4.78, 5) is 16.3. The highest BCUT2D eigenvalue weighted by Crippen LogP contribution is 2.26. The van der Waals surface area contributed by atoms with Crippen molar-refractivity contribution in [1.29, 1.82) is 0 Å². The number of aromatic nitrogens is 1. The van der Waals surface area contributed by atoms with Crippen molar-refractivity contribution in [3.8, 4) is 0 Å². The normalized spacial score (nSPS) is 10.3. The van der Waals surface area contributed by atoms with Gasteiger partial charge in [-0.1, -0.05) is 30.1 Å². The smallest absolute Gasteiger partial charge is 0.255 e. The number of hydrogen-bond acceptors (Lipinski definition) is 3. The zero-order valence-electron chi connectivity index (χ0n) is 10.8. The Morgan fingerprint density at radius 2 is 2.05 bits per heavy atom. The van der Waals surface area contributed by atoms with Crippen LogP contribution in [0.5, 0.6) is 0 Å². The van der Waals surface area contributed by atoms with Crippen LogP contribution in [0.3, 0.4) is 0 Å². The molecule has 0 bridgehead atoms. The van der Waals surface area contributed by atoms with Gasteiger partial charge in [-0.15, -0.1) is 0 Å². The lowest BCUT2D eigenvalue weighted by molar-refractivity contribution is 0.102. The van der Waals surface area contributed by atoms with E-state index in [1.54, 1.807) is 24.3 Å². The van der Waals surface area contributed by atoms with Gasteiger partial charge < -0.3 is 11.1 Å². The van der Waals surface area contributed by atoms with Gasteiger partial charge in [0.05, 0.1) is 10.7 Å². The zero-order valence-corrected chi connectivity index (χ0v) is 12.3. The van der Waals surface area contributed by atoms with E-state index in [0.29, 0.717) is 33.5 Å². The van der Waals surface area contributed by atoms with Crippen molar-refractivity contribution in [3.63, 3.8) is 0 Å². The molecule has 6 heteroatoms. The molecule has 0 unspecified atom stereocenters. The second kappa shape index (κ2) is 6.11. The zero-order chi connectivity index (χ0) is 14.7. The monoisotopic (exact) mass is 309 g/mol. The van der Waals surface area contributed by atoms with Crippen LogP contribution in [-0.2, 0) is 6.42 Å². The van der Waals surface area contributed by atoms with E-state index in [4.69, 9.17) is 28.9 Å². The molecule has 0 radical (unpaired) electrons. The summed E-state index contributed by atoms with van der Waals surface area (Å²) in [7, 11) is 0. The molecule has 1 heterocycles. The van der Waals surface area contributed by atoms with E-state index < -0.39 is 0 Å². The number of carbonyl (C=O) groups is 1. The second-order valence-corrected chi connectivity index (χ2v) is 5.05. The van der Waals surface area contributed by atoms with Crippen LogP contribution < -0.4 is 11.1 Å². The van der Waals surface area contributed by atoms with Gasteiger partial charge in [0, 0.05) is 16.3 Å². The molecule has 2 aromatic rings. The molecule has 104 valence electrons. The minimum absolute atomic E-state index is 0.307. The van der Waals surface area contributed by atoms with E-state index in [0.717, 1.165) is 5.69 Å². The van der Waals surface area contributed by atoms with Crippen LogP contribution in [0.2, 0.25) is 10.0 Å². The largest absolute Gasteiger partial charge is 0.384 e. The van der Waals surface area contributed by atoms with Gasteiger partial charge in [0.1, 0.15) is 5.82 Å². The summed E-state index contributed by atoms with van der Waals surface area (Å²) in [5.41, 5.74) is 7.33. The maximum atomic E-state index is 12.2. The van der Waals surface area contributed by atoms with E-state index in [1.165, 1.54) is 6.07 Å². The molecular formula is C14H13Cl2N3O. The van der Waals surface area contributed by atoms with Crippen molar-refractivity contribution in [3.05, 3.63) is 51.6 Å². The van der Waals surface area contributed by atoms with Gasteiger partial charge in [0.25, 0.3) is 5.91 Å². The van der Waals surface area contributed by atoms with Crippen LogP contribution >= 0.6 is 23.2 Å². The summed E-state index contributed by atoms with van der Waals surface area (Å²) in [6.45, 7) is 1.94. The van der Waals surface area contributed by atoms with Gasteiger partial charge in [-0.2, -0.15) is 0 Å². The lowest BCUT2D eigenvalue weighted by Crippen LogP contribution is -2.13. The third kappa shape index (κ3) is 3.40. The van der Waals surface area contributed by atoms with Gasteiger partial charge >= 0.3 is 0 Å². The SMILES string of the molecule is CCc1cc(C(=O)Nc2cc(Cl)ccc2Cl)cc(N)n1. The molecule has 2 rings (SSSR count). The van der Waals surface area contributed by atoms with E-state index >= 15 is 0 Å². The summed E-state index contributed by atoms with van der Waals surface area (Å²) >= 11 is 11.9. The van der Waals surface area contributed by atoms with Crippen LogP contribution in [-0.4, -0.2) is 10.9 Å². The van der Waals surface area contributed by atoms with Crippen LogP contribution in [0, 0.1) is 0 Å². The lowest BCUT2D eigenvalue weighted by atomic mass is 10.1. The summed E-state index contributed by atoms with van der Waals surface area (Å²) in [5.74, 6) is 0.00431. The number of aryl methyl sites for hydroxylation is 1. The summed E-state index contributed by atoms with van der Waals surface area (Å²) in [5, 5.41) is 3.62. The highest BCUT2D eigenvalue weighted by Gasteiger charge is 2.11. The number of carbonyl (C=O) groups excluding carboxylic acids is 1. The Morgan fingerprint density at radius 1 is 1.30 bits per heavy atom. The number of pyridine rings is 1. The number of rotatable bonds is 3. The standard InChI is InChI=1S/C14H13Cl2N3O/c1-2-10-5-8(6-13(17)18-10)14(20)19-12-7-9(15)3-4-11(12)16/h3-7H,2H2,1H3,(H2,17,18)(H,19,20). The average molecular weight is 310 g/mol. The van der Waals surface area contributed by atoms with Crippen molar-refractivity contribution in [2.75, 3.05) is 11.1 Å². The molecule has 0 aliphatic carbocycles. The molecule has 0 saturated heterocycles. The number of nitrogens with zero attached hydrogens (tertiary/aromatic N) is 1. The van der Waals surface area contributed by atoms with Gasteiger partial charge in [0.2, 0.25) is 0 Å². The Balaban J connectivity index is 2.28. The Labute approximate surface area is 126 Å². The van der Waals surface area contributed by atoms with E-state index in [2.05, 4.69) is 10.3 Å². The molecule has 1 aromatic carbocycles. The number of nitrogens with one attached hydrogen (secondary N) is 1. The topological polar surface area (TPSA) is 68.0 Å². The lowest BCUT2D eigenvalue weighted by Gasteiger charge is -2.09. The molecule has 0 aliphatic heterocycles. The van der Waals surface area contributed by atoms with Crippen molar-refractivity contribution < 1.29 is 4.79 Å². The molecule has 0 saturated carbocycles. The first-order valence-corrected chi connectivity index (χ1v) is 6.78. The molecule has 0 atom stereocenters.